The number of carbonyl (C=O) groups excluding carboxylic acids is 2. The highest BCUT2D eigenvalue weighted by Crippen LogP contribution is 2.32. The highest BCUT2D eigenvalue weighted by molar-refractivity contribution is 7.18. The second-order valence-corrected chi connectivity index (χ2v) is 8.88. The summed E-state index contributed by atoms with van der Waals surface area (Å²) >= 11 is 1.34. The number of thiophene rings is 1. The van der Waals surface area contributed by atoms with Gasteiger partial charge in [-0.1, -0.05) is 26.8 Å². The molecule has 28 heavy (non-hydrogen) atoms. The molecule has 1 unspecified atom stereocenters. The van der Waals surface area contributed by atoms with Gasteiger partial charge in [-0.05, 0) is 30.2 Å². The first-order chi connectivity index (χ1) is 12.8. The third-order valence-electron chi connectivity index (χ3n) is 4.60. The van der Waals surface area contributed by atoms with Gasteiger partial charge >= 0.3 is 0 Å². The van der Waals surface area contributed by atoms with E-state index in [1.807, 2.05) is 57.0 Å². The predicted octanol–water partition coefficient (Wildman–Crippen LogP) is 3.64. The Morgan fingerprint density at radius 3 is 2.75 bits per heavy atom. The van der Waals surface area contributed by atoms with Crippen molar-refractivity contribution in [2.24, 2.45) is 5.41 Å². The molecule has 0 aliphatic carbocycles. The molecule has 2 amide bonds. The maximum atomic E-state index is 13.3. The van der Waals surface area contributed by atoms with Crippen molar-refractivity contribution in [1.82, 2.24) is 15.2 Å². The monoisotopic (exact) mass is 422 g/mol. The van der Waals surface area contributed by atoms with E-state index in [-0.39, 0.29) is 30.3 Å². The van der Waals surface area contributed by atoms with Crippen LogP contribution in [-0.2, 0) is 4.79 Å². The SMILES string of the molecule is Cc1cc(NC(=O)C(C)(C)C)sc1C(=O)N1CCNCC1c1cccnc1.Cl. The second-order valence-electron chi connectivity index (χ2n) is 7.83. The van der Waals surface area contributed by atoms with E-state index >= 15 is 0 Å². The molecule has 2 N–H and O–H groups in total. The molecule has 0 aromatic carbocycles. The summed E-state index contributed by atoms with van der Waals surface area (Å²) < 4.78 is 0. The van der Waals surface area contributed by atoms with Gasteiger partial charge in [-0.2, -0.15) is 0 Å². The van der Waals surface area contributed by atoms with Gasteiger partial charge in [0.25, 0.3) is 5.91 Å². The van der Waals surface area contributed by atoms with Crippen LogP contribution in [0.1, 0.15) is 47.6 Å². The molecule has 3 heterocycles. The minimum Gasteiger partial charge on any atom is -0.328 e. The Hall–Kier alpha value is -1.96. The lowest BCUT2D eigenvalue weighted by molar-refractivity contribution is -0.123. The Morgan fingerprint density at radius 2 is 2.11 bits per heavy atom. The van der Waals surface area contributed by atoms with Crippen LogP contribution in [0.4, 0.5) is 5.00 Å². The molecule has 152 valence electrons. The van der Waals surface area contributed by atoms with Crippen LogP contribution in [0.15, 0.2) is 30.6 Å². The van der Waals surface area contributed by atoms with Gasteiger partial charge < -0.3 is 15.5 Å². The number of carbonyl (C=O) groups is 2. The minimum absolute atomic E-state index is 0. The van der Waals surface area contributed by atoms with E-state index in [9.17, 15) is 9.59 Å². The summed E-state index contributed by atoms with van der Waals surface area (Å²) in [5.74, 6) is -0.0535. The number of amides is 2. The first kappa shape index (κ1) is 22.3. The summed E-state index contributed by atoms with van der Waals surface area (Å²) in [6.07, 6.45) is 3.55. The van der Waals surface area contributed by atoms with Crippen LogP contribution in [-0.4, -0.2) is 41.3 Å². The van der Waals surface area contributed by atoms with Crippen LogP contribution in [0, 0.1) is 12.3 Å². The van der Waals surface area contributed by atoms with Gasteiger partial charge in [0.05, 0.1) is 15.9 Å². The molecule has 0 bridgehead atoms. The van der Waals surface area contributed by atoms with Crippen molar-refractivity contribution in [1.29, 1.82) is 0 Å². The van der Waals surface area contributed by atoms with E-state index in [1.165, 1.54) is 11.3 Å². The maximum Gasteiger partial charge on any atom is 0.264 e. The van der Waals surface area contributed by atoms with Gasteiger partial charge in [0.1, 0.15) is 0 Å². The van der Waals surface area contributed by atoms with Crippen molar-refractivity contribution in [3.05, 3.63) is 46.6 Å². The number of pyridine rings is 1. The lowest BCUT2D eigenvalue weighted by atomic mass is 9.96. The molecule has 6 nitrogen and oxygen atoms in total. The predicted molar refractivity (Wildman–Crippen MR) is 115 cm³/mol. The van der Waals surface area contributed by atoms with Crippen molar-refractivity contribution in [3.8, 4) is 0 Å². The van der Waals surface area contributed by atoms with Crippen LogP contribution in [0.25, 0.3) is 0 Å². The first-order valence-electron chi connectivity index (χ1n) is 9.11. The number of piperazine rings is 1. The fourth-order valence-electron chi connectivity index (χ4n) is 3.00. The van der Waals surface area contributed by atoms with E-state index in [4.69, 9.17) is 0 Å². The van der Waals surface area contributed by atoms with Gasteiger partial charge in [-0.3, -0.25) is 14.6 Å². The summed E-state index contributed by atoms with van der Waals surface area (Å²) in [4.78, 5) is 32.3. The molecule has 1 aliphatic heterocycles. The molecule has 2 aromatic rings. The standard InChI is InChI=1S/C20H26N4O2S.ClH/c1-13-10-16(23-19(26)20(2,3)4)27-17(13)18(25)24-9-8-22-12-15(24)14-6-5-7-21-11-14;/h5-7,10-11,15,22H,8-9,12H2,1-4H3,(H,23,26);1H. The van der Waals surface area contributed by atoms with Gasteiger partial charge in [-0.15, -0.1) is 23.7 Å². The van der Waals surface area contributed by atoms with E-state index in [2.05, 4.69) is 15.6 Å². The largest absolute Gasteiger partial charge is 0.328 e. The van der Waals surface area contributed by atoms with Gasteiger partial charge in [0.2, 0.25) is 5.91 Å². The average Bonchev–Trinajstić information content (AvgIpc) is 3.01. The first-order valence-corrected chi connectivity index (χ1v) is 9.92. The van der Waals surface area contributed by atoms with E-state index in [1.54, 1.807) is 6.20 Å². The Kier molecular flexibility index (Phi) is 7.20. The highest BCUT2D eigenvalue weighted by atomic mass is 35.5. The molecular formula is C20H27ClN4O2S. The zero-order valence-corrected chi connectivity index (χ0v) is 18.2. The van der Waals surface area contributed by atoms with Crippen molar-refractivity contribution < 1.29 is 9.59 Å². The molecule has 0 saturated carbocycles. The Bertz CT molecular complexity index is 832. The van der Waals surface area contributed by atoms with Crippen LogP contribution < -0.4 is 10.6 Å². The third-order valence-corrected chi connectivity index (χ3v) is 5.74. The lowest BCUT2D eigenvalue weighted by Gasteiger charge is -2.36. The number of anilines is 1. The molecule has 3 rings (SSSR count). The minimum atomic E-state index is -0.480. The molecule has 0 radical (unpaired) electrons. The molecule has 1 aliphatic rings. The van der Waals surface area contributed by atoms with Gasteiger partial charge in [-0.25, -0.2) is 0 Å². The second kappa shape index (κ2) is 9.03. The van der Waals surface area contributed by atoms with Crippen LogP contribution in [0.3, 0.4) is 0 Å². The smallest absolute Gasteiger partial charge is 0.264 e. The van der Waals surface area contributed by atoms with E-state index in [0.29, 0.717) is 23.0 Å². The number of hydrogen-bond donors (Lipinski definition) is 2. The van der Waals surface area contributed by atoms with E-state index < -0.39 is 5.41 Å². The van der Waals surface area contributed by atoms with Crippen LogP contribution >= 0.6 is 23.7 Å². The molecule has 1 saturated heterocycles. The summed E-state index contributed by atoms with van der Waals surface area (Å²) in [6.45, 7) is 9.63. The third kappa shape index (κ3) is 4.90. The lowest BCUT2D eigenvalue weighted by Crippen LogP contribution is -2.48. The Morgan fingerprint density at radius 1 is 1.36 bits per heavy atom. The fourth-order valence-corrected chi connectivity index (χ4v) is 4.03. The molecule has 1 atom stereocenters. The maximum absolute atomic E-state index is 13.3. The zero-order chi connectivity index (χ0) is 19.6. The summed E-state index contributed by atoms with van der Waals surface area (Å²) in [5, 5.41) is 7.00. The molecule has 0 spiro atoms. The van der Waals surface area contributed by atoms with Crippen LogP contribution in [0.2, 0.25) is 0 Å². The van der Waals surface area contributed by atoms with Crippen molar-refractivity contribution in [2.75, 3.05) is 25.0 Å². The van der Waals surface area contributed by atoms with Crippen molar-refractivity contribution >= 4 is 40.6 Å². The summed E-state index contributed by atoms with van der Waals surface area (Å²) in [7, 11) is 0. The normalized spacial score (nSPS) is 17.0. The van der Waals surface area contributed by atoms with Crippen molar-refractivity contribution in [3.63, 3.8) is 0 Å². The summed E-state index contributed by atoms with van der Waals surface area (Å²) in [6, 6.07) is 5.72. The number of rotatable bonds is 3. The fraction of sp³-hybridized carbons (Fsp3) is 0.450. The van der Waals surface area contributed by atoms with Gasteiger partial charge in [0.15, 0.2) is 0 Å². The highest BCUT2D eigenvalue weighted by Gasteiger charge is 2.31. The molecular weight excluding hydrogens is 396 g/mol. The number of hydrogen-bond acceptors (Lipinski definition) is 5. The Balaban J connectivity index is 0.00000280. The van der Waals surface area contributed by atoms with Gasteiger partial charge in [0, 0.05) is 37.4 Å². The number of aryl methyl sites for hydroxylation is 1. The van der Waals surface area contributed by atoms with Crippen LogP contribution in [0.5, 0.6) is 0 Å². The zero-order valence-electron chi connectivity index (χ0n) is 16.6. The molecule has 2 aromatic heterocycles. The molecule has 8 heteroatoms. The summed E-state index contributed by atoms with van der Waals surface area (Å²) in [5.41, 5.74) is 1.43. The number of nitrogens with zero attached hydrogens (tertiary/aromatic N) is 2. The number of nitrogens with one attached hydrogen (secondary N) is 2. The Labute approximate surface area is 176 Å². The average molecular weight is 423 g/mol. The van der Waals surface area contributed by atoms with E-state index in [0.717, 1.165) is 17.7 Å². The number of halogens is 1. The van der Waals surface area contributed by atoms with Crippen molar-refractivity contribution in [2.45, 2.75) is 33.7 Å². The molecule has 1 fully saturated rings. The quantitative estimate of drug-likeness (QED) is 0.791. The number of aromatic nitrogens is 1. The topological polar surface area (TPSA) is 74.3 Å².